The Morgan fingerprint density at radius 2 is 2.40 bits per heavy atom. The van der Waals surface area contributed by atoms with Gasteiger partial charge < -0.3 is 9.47 Å². The van der Waals surface area contributed by atoms with Crippen molar-refractivity contribution in [1.82, 2.24) is 0 Å². The average Bonchev–Trinajstić information content (AvgIpc) is 2.59. The van der Waals surface area contributed by atoms with E-state index in [4.69, 9.17) is 9.47 Å². The molecule has 1 saturated heterocycles. The molecule has 2 rings (SSSR count). The summed E-state index contributed by atoms with van der Waals surface area (Å²) in [6, 6.07) is 1.85. The Morgan fingerprint density at radius 3 is 2.93 bits per heavy atom. The van der Waals surface area contributed by atoms with E-state index < -0.39 is 6.10 Å². The van der Waals surface area contributed by atoms with Crippen molar-refractivity contribution in [2.75, 3.05) is 19.8 Å². The van der Waals surface area contributed by atoms with E-state index in [0.717, 1.165) is 14.2 Å². The Kier molecular flexibility index (Phi) is 3.56. The second-order valence-corrected chi connectivity index (χ2v) is 5.42. The molecule has 1 aromatic rings. The first-order valence-corrected chi connectivity index (χ1v) is 6.29. The van der Waals surface area contributed by atoms with Gasteiger partial charge in [0.05, 0.1) is 24.7 Å². The fraction of sp³-hybridized carbons (Fsp3) is 0.500. The molecule has 3 nitrogen and oxygen atoms in total. The van der Waals surface area contributed by atoms with Gasteiger partial charge in [0.25, 0.3) is 0 Å². The minimum atomic E-state index is -0.427. The third kappa shape index (κ3) is 2.47. The van der Waals surface area contributed by atoms with Gasteiger partial charge in [-0.15, -0.1) is 11.3 Å². The van der Waals surface area contributed by atoms with E-state index in [1.165, 1.54) is 11.3 Å². The largest absolute Gasteiger partial charge is 0.376 e. The summed E-state index contributed by atoms with van der Waals surface area (Å²) in [7, 11) is 0. The molecule has 2 heterocycles. The molecule has 0 spiro atoms. The van der Waals surface area contributed by atoms with Crippen LogP contribution < -0.4 is 0 Å². The van der Waals surface area contributed by atoms with Crippen LogP contribution in [0.1, 0.15) is 14.5 Å². The molecule has 15 heavy (non-hydrogen) atoms. The number of hydrogen-bond donors (Lipinski definition) is 0. The Balaban J connectivity index is 2.12. The molecular formula is C10H11BrO3S. The molecule has 1 unspecified atom stereocenters. The number of carbonyl (C=O) groups excluding carboxylic acids is 1. The highest BCUT2D eigenvalue weighted by Crippen LogP contribution is 2.27. The molecule has 0 amide bonds. The molecule has 1 aromatic heterocycles. The number of ether oxygens (including phenoxy) is 2. The van der Waals surface area contributed by atoms with Crippen molar-refractivity contribution in [2.45, 2.75) is 13.0 Å². The van der Waals surface area contributed by atoms with Crippen LogP contribution in [0.5, 0.6) is 0 Å². The summed E-state index contributed by atoms with van der Waals surface area (Å²) in [6.07, 6.45) is -0.427. The number of aryl methyl sites for hydroxylation is 1. The number of ketones is 1. The van der Waals surface area contributed by atoms with Gasteiger partial charge in [0.1, 0.15) is 6.10 Å². The highest BCUT2D eigenvalue weighted by atomic mass is 79.9. The van der Waals surface area contributed by atoms with Crippen LogP contribution in [0, 0.1) is 6.92 Å². The maximum Gasteiger partial charge on any atom is 0.203 e. The zero-order valence-electron chi connectivity index (χ0n) is 8.29. The molecule has 0 bridgehead atoms. The highest BCUT2D eigenvalue weighted by molar-refractivity contribution is 9.10. The lowest BCUT2D eigenvalue weighted by Crippen LogP contribution is -2.35. The van der Waals surface area contributed by atoms with Gasteiger partial charge in [-0.2, -0.15) is 0 Å². The van der Waals surface area contributed by atoms with Crippen LogP contribution in [-0.2, 0) is 9.47 Å². The molecule has 0 radical (unpaired) electrons. The van der Waals surface area contributed by atoms with E-state index in [0.29, 0.717) is 19.8 Å². The second-order valence-electron chi connectivity index (χ2n) is 3.31. The molecule has 82 valence electrons. The molecule has 1 atom stereocenters. The predicted octanol–water partition coefficient (Wildman–Crippen LogP) is 2.42. The number of thiophene rings is 1. The van der Waals surface area contributed by atoms with Gasteiger partial charge in [-0.25, -0.2) is 0 Å². The molecule has 1 aliphatic rings. The molecular weight excluding hydrogens is 280 g/mol. The number of rotatable bonds is 2. The number of hydrogen-bond acceptors (Lipinski definition) is 4. The van der Waals surface area contributed by atoms with E-state index in [-0.39, 0.29) is 5.78 Å². The van der Waals surface area contributed by atoms with Crippen LogP contribution in [0.4, 0.5) is 0 Å². The topological polar surface area (TPSA) is 35.5 Å². The first-order valence-electron chi connectivity index (χ1n) is 4.68. The molecule has 1 aliphatic heterocycles. The lowest BCUT2D eigenvalue weighted by molar-refractivity contribution is -0.0717. The van der Waals surface area contributed by atoms with E-state index in [9.17, 15) is 4.79 Å². The molecule has 5 heteroatoms. The van der Waals surface area contributed by atoms with Crippen LogP contribution in [0.15, 0.2) is 10.5 Å². The Labute approximate surface area is 101 Å². The van der Waals surface area contributed by atoms with Gasteiger partial charge in [-0.1, -0.05) is 0 Å². The smallest absolute Gasteiger partial charge is 0.203 e. The van der Waals surface area contributed by atoms with Crippen molar-refractivity contribution >= 4 is 33.0 Å². The zero-order valence-corrected chi connectivity index (χ0v) is 10.7. The molecule has 0 aliphatic carbocycles. The minimum absolute atomic E-state index is 0.0218. The monoisotopic (exact) mass is 290 g/mol. The molecule has 0 saturated carbocycles. The fourth-order valence-electron chi connectivity index (χ4n) is 1.38. The van der Waals surface area contributed by atoms with Crippen molar-refractivity contribution in [2.24, 2.45) is 0 Å². The normalized spacial score (nSPS) is 21.6. The van der Waals surface area contributed by atoms with Gasteiger partial charge >= 0.3 is 0 Å². The van der Waals surface area contributed by atoms with Crippen LogP contribution in [0.25, 0.3) is 0 Å². The molecule has 1 fully saturated rings. The third-order valence-corrected chi connectivity index (χ3v) is 4.36. The summed E-state index contributed by atoms with van der Waals surface area (Å²) in [4.78, 5) is 13.8. The SMILES string of the molecule is Cc1sc(C(=O)C2COCCO2)cc1Br. The van der Waals surface area contributed by atoms with Crippen molar-refractivity contribution < 1.29 is 14.3 Å². The van der Waals surface area contributed by atoms with Crippen molar-refractivity contribution in [1.29, 1.82) is 0 Å². The summed E-state index contributed by atoms with van der Waals surface area (Å²) in [5.74, 6) is 0.0218. The average molecular weight is 291 g/mol. The van der Waals surface area contributed by atoms with Crippen LogP contribution in [-0.4, -0.2) is 31.7 Å². The minimum Gasteiger partial charge on any atom is -0.376 e. The first kappa shape index (κ1) is 11.3. The van der Waals surface area contributed by atoms with Crippen molar-refractivity contribution in [3.63, 3.8) is 0 Å². The van der Waals surface area contributed by atoms with Crippen molar-refractivity contribution in [3.8, 4) is 0 Å². The molecule has 0 aromatic carbocycles. The lowest BCUT2D eigenvalue weighted by atomic mass is 10.2. The third-order valence-electron chi connectivity index (χ3n) is 2.21. The summed E-state index contributed by atoms with van der Waals surface area (Å²) < 4.78 is 11.5. The standard InChI is InChI=1S/C10H11BrO3S/c1-6-7(11)4-9(15-6)10(12)8-5-13-2-3-14-8/h4,8H,2-3,5H2,1H3. The maximum absolute atomic E-state index is 11.9. The van der Waals surface area contributed by atoms with Crippen LogP contribution >= 0.6 is 27.3 Å². The zero-order chi connectivity index (χ0) is 10.8. The van der Waals surface area contributed by atoms with Gasteiger partial charge in [0.15, 0.2) is 0 Å². The Bertz CT molecular complexity index is 349. The lowest BCUT2D eigenvalue weighted by Gasteiger charge is -2.21. The van der Waals surface area contributed by atoms with Crippen molar-refractivity contribution in [3.05, 3.63) is 20.3 Å². The number of halogens is 1. The number of carbonyl (C=O) groups is 1. The quantitative estimate of drug-likeness (QED) is 0.785. The fourth-order valence-corrected chi connectivity index (χ4v) is 2.90. The Hall–Kier alpha value is -0.230. The maximum atomic E-state index is 11.9. The van der Waals surface area contributed by atoms with E-state index >= 15 is 0 Å². The Morgan fingerprint density at radius 1 is 1.60 bits per heavy atom. The van der Waals surface area contributed by atoms with Gasteiger partial charge in [-0.3, -0.25) is 4.79 Å². The summed E-state index contributed by atoms with van der Waals surface area (Å²) >= 11 is 4.88. The highest BCUT2D eigenvalue weighted by Gasteiger charge is 2.25. The van der Waals surface area contributed by atoms with Gasteiger partial charge in [0, 0.05) is 9.35 Å². The predicted molar refractivity (Wildman–Crippen MR) is 61.6 cm³/mol. The van der Waals surface area contributed by atoms with Gasteiger partial charge in [-0.05, 0) is 28.9 Å². The van der Waals surface area contributed by atoms with E-state index in [1.807, 2.05) is 13.0 Å². The second kappa shape index (κ2) is 4.74. The first-order chi connectivity index (χ1) is 7.18. The van der Waals surface area contributed by atoms with Crippen LogP contribution in [0.3, 0.4) is 0 Å². The number of Topliss-reactive ketones (excluding diaryl/α,β-unsaturated/α-hetero) is 1. The summed E-state index contributed by atoms with van der Waals surface area (Å²) in [5, 5.41) is 0. The summed E-state index contributed by atoms with van der Waals surface area (Å²) in [6.45, 7) is 3.43. The van der Waals surface area contributed by atoms with E-state index in [2.05, 4.69) is 15.9 Å². The molecule has 0 N–H and O–H groups in total. The van der Waals surface area contributed by atoms with Gasteiger partial charge in [0.2, 0.25) is 5.78 Å². The van der Waals surface area contributed by atoms with Crippen LogP contribution in [0.2, 0.25) is 0 Å². The summed E-state index contributed by atoms with van der Waals surface area (Å²) in [5.41, 5.74) is 0. The van der Waals surface area contributed by atoms with E-state index in [1.54, 1.807) is 0 Å².